The third-order valence-corrected chi connectivity index (χ3v) is 4.46. The second-order valence-electron chi connectivity index (χ2n) is 6.35. The van der Waals surface area contributed by atoms with Gasteiger partial charge in [0, 0.05) is 25.4 Å². The van der Waals surface area contributed by atoms with Crippen molar-refractivity contribution in [2.24, 2.45) is 11.7 Å². The number of primary amides is 1. The van der Waals surface area contributed by atoms with Gasteiger partial charge in [0.1, 0.15) is 11.5 Å². The highest BCUT2D eigenvalue weighted by molar-refractivity contribution is 5.81. The zero-order valence-corrected chi connectivity index (χ0v) is 15.5. The molecule has 0 spiro atoms. The van der Waals surface area contributed by atoms with Gasteiger partial charge < -0.3 is 24.8 Å². The van der Waals surface area contributed by atoms with E-state index in [2.05, 4.69) is 0 Å². The topological polar surface area (TPSA) is 108 Å². The van der Waals surface area contributed by atoms with Crippen molar-refractivity contribution in [3.05, 3.63) is 24.3 Å². The van der Waals surface area contributed by atoms with E-state index >= 15 is 0 Å². The van der Waals surface area contributed by atoms with E-state index in [1.807, 2.05) is 0 Å². The highest BCUT2D eigenvalue weighted by atomic mass is 16.5. The molecule has 1 aliphatic heterocycles. The molecule has 0 atom stereocenters. The highest BCUT2D eigenvalue weighted by Crippen LogP contribution is 2.18. The lowest BCUT2D eigenvalue weighted by atomic mass is 9.96. The first-order valence-corrected chi connectivity index (χ1v) is 8.99. The number of nitrogens with two attached hydrogens (primary N) is 1. The van der Waals surface area contributed by atoms with Gasteiger partial charge in [-0.2, -0.15) is 0 Å². The van der Waals surface area contributed by atoms with Crippen LogP contribution in [0.5, 0.6) is 11.5 Å². The van der Waals surface area contributed by atoms with Gasteiger partial charge in [-0.15, -0.1) is 0 Å². The SMILES string of the molecule is COc1ccc(OCCCC(=O)OCC(=O)N2CCC(C(N)=O)CC2)cc1. The Hall–Kier alpha value is -2.77. The predicted molar refractivity (Wildman–Crippen MR) is 97.2 cm³/mol. The number of benzene rings is 1. The maximum Gasteiger partial charge on any atom is 0.306 e. The molecular formula is C19H26N2O6. The van der Waals surface area contributed by atoms with Gasteiger partial charge >= 0.3 is 5.97 Å². The van der Waals surface area contributed by atoms with Gasteiger partial charge in [0.2, 0.25) is 5.91 Å². The first-order valence-electron chi connectivity index (χ1n) is 8.99. The monoisotopic (exact) mass is 378 g/mol. The maximum atomic E-state index is 12.0. The van der Waals surface area contributed by atoms with Crippen molar-refractivity contribution in [1.82, 2.24) is 4.90 Å². The molecule has 0 unspecified atom stereocenters. The standard InChI is InChI=1S/C19H26N2O6/c1-25-15-4-6-16(7-5-15)26-12-2-3-18(23)27-13-17(22)21-10-8-14(9-11-21)19(20)24/h4-7,14H,2-3,8-13H2,1H3,(H2,20,24). The first-order chi connectivity index (χ1) is 13.0. The maximum absolute atomic E-state index is 12.0. The smallest absolute Gasteiger partial charge is 0.306 e. The molecule has 0 aromatic heterocycles. The van der Waals surface area contributed by atoms with Crippen LogP contribution in [-0.2, 0) is 19.1 Å². The lowest BCUT2D eigenvalue weighted by molar-refractivity contribution is -0.152. The van der Waals surface area contributed by atoms with Crippen LogP contribution in [-0.4, -0.2) is 56.1 Å². The number of nitrogens with zero attached hydrogens (tertiary/aromatic N) is 1. The minimum Gasteiger partial charge on any atom is -0.497 e. The number of esters is 1. The minimum absolute atomic E-state index is 0.174. The predicted octanol–water partition coefficient (Wildman–Crippen LogP) is 1.12. The van der Waals surface area contributed by atoms with E-state index < -0.39 is 5.97 Å². The summed E-state index contributed by atoms with van der Waals surface area (Å²) in [4.78, 5) is 36.5. The first kappa shape index (κ1) is 20.5. The largest absolute Gasteiger partial charge is 0.497 e. The molecule has 0 aliphatic carbocycles. The van der Waals surface area contributed by atoms with Gasteiger partial charge in [-0.1, -0.05) is 0 Å². The van der Waals surface area contributed by atoms with E-state index in [0.29, 0.717) is 44.7 Å². The fourth-order valence-corrected chi connectivity index (χ4v) is 2.80. The molecule has 148 valence electrons. The Morgan fingerprint density at radius 2 is 1.74 bits per heavy atom. The number of piperidine rings is 1. The lowest BCUT2D eigenvalue weighted by Gasteiger charge is -2.30. The van der Waals surface area contributed by atoms with E-state index in [0.717, 1.165) is 5.75 Å². The van der Waals surface area contributed by atoms with Crippen LogP contribution in [0.4, 0.5) is 0 Å². The summed E-state index contributed by atoms with van der Waals surface area (Å²) in [6.07, 6.45) is 1.77. The zero-order chi connectivity index (χ0) is 19.6. The molecule has 8 nitrogen and oxygen atoms in total. The molecule has 1 fully saturated rings. The molecule has 1 aromatic carbocycles. The van der Waals surface area contributed by atoms with Crippen LogP contribution < -0.4 is 15.2 Å². The van der Waals surface area contributed by atoms with Crippen molar-refractivity contribution in [3.8, 4) is 11.5 Å². The van der Waals surface area contributed by atoms with Crippen LogP contribution in [0.3, 0.4) is 0 Å². The van der Waals surface area contributed by atoms with Crippen molar-refractivity contribution in [3.63, 3.8) is 0 Å². The normalized spacial score (nSPS) is 14.5. The molecule has 0 radical (unpaired) electrons. The van der Waals surface area contributed by atoms with E-state index in [4.69, 9.17) is 19.9 Å². The third kappa shape index (κ3) is 6.80. The second-order valence-corrected chi connectivity index (χ2v) is 6.35. The summed E-state index contributed by atoms with van der Waals surface area (Å²) in [5, 5.41) is 0. The molecule has 0 saturated carbocycles. The van der Waals surface area contributed by atoms with E-state index in [1.54, 1.807) is 36.3 Å². The molecule has 1 saturated heterocycles. The zero-order valence-electron chi connectivity index (χ0n) is 15.5. The molecule has 0 bridgehead atoms. The van der Waals surface area contributed by atoms with Crippen LogP contribution in [0, 0.1) is 5.92 Å². The highest BCUT2D eigenvalue weighted by Gasteiger charge is 2.26. The number of methoxy groups -OCH3 is 1. The number of carbonyl (C=O) groups excluding carboxylic acids is 3. The van der Waals surface area contributed by atoms with Crippen molar-refractivity contribution in [2.75, 3.05) is 33.4 Å². The molecule has 1 heterocycles. The van der Waals surface area contributed by atoms with Crippen LogP contribution in [0.15, 0.2) is 24.3 Å². The molecule has 2 amide bonds. The van der Waals surface area contributed by atoms with Crippen molar-refractivity contribution in [1.29, 1.82) is 0 Å². The molecule has 2 N–H and O–H groups in total. The fourth-order valence-electron chi connectivity index (χ4n) is 2.80. The summed E-state index contributed by atoms with van der Waals surface area (Å²) >= 11 is 0. The van der Waals surface area contributed by atoms with Crippen molar-refractivity contribution in [2.45, 2.75) is 25.7 Å². The Kier molecular flexibility index (Phi) is 7.91. The van der Waals surface area contributed by atoms with E-state index in [9.17, 15) is 14.4 Å². The minimum atomic E-state index is -0.436. The van der Waals surface area contributed by atoms with Crippen molar-refractivity contribution < 1.29 is 28.6 Å². The molecule has 8 heteroatoms. The average Bonchev–Trinajstić information content (AvgIpc) is 2.70. The van der Waals surface area contributed by atoms with Crippen LogP contribution >= 0.6 is 0 Å². The average molecular weight is 378 g/mol. The van der Waals surface area contributed by atoms with Gasteiger partial charge in [0.25, 0.3) is 5.91 Å². The van der Waals surface area contributed by atoms with Crippen LogP contribution in [0.1, 0.15) is 25.7 Å². The summed E-state index contributed by atoms with van der Waals surface area (Å²) < 4.78 is 15.6. The number of carbonyl (C=O) groups is 3. The van der Waals surface area contributed by atoms with Gasteiger partial charge in [-0.05, 0) is 43.5 Å². The summed E-state index contributed by atoms with van der Waals surface area (Å²) in [5.41, 5.74) is 5.27. The Balaban J connectivity index is 1.57. The van der Waals surface area contributed by atoms with Crippen LogP contribution in [0.2, 0.25) is 0 Å². The number of amides is 2. The molecular weight excluding hydrogens is 352 g/mol. The van der Waals surface area contributed by atoms with E-state index in [1.165, 1.54) is 0 Å². The molecule has 2 rings (SSSR count). The molecule has 1 aliphatic rings. The third-order valence-electron chi connectivity index (χ3n) is 4.46. The summed E-state index contributed by atoms with van der Waals surface area (Å²) in [6, 6.07) is 7.16. The Bertz CT molecular complexity index is 638. The number of likely N-dealkylation sites (tertiary alicyclic amines) is 1. The number of hydrogen-bond acceptors (Lipinski definition) is 6. The Morgan fingerprint density at radius 1 is 1.11 bits per heavy atom. The van der Waals surface area contributed by atoms with Crippen LogP contribution in [0.25, 0.3) is 0 Å². The number of hydrogen-bond donors (Lipinski definition) is 1. The summed E-state index contributed by atoms with van der Waals surface area (Å²) in [6.45, 7) is 1.01. The summed E-state index contributed by atoms with van der Waals surface area (Å²) in [5.74, 6) is 0.246. The van der Waals surface area contributed by atoms with Gasteiger partial charge in [0.15, 0.2) is 6.61 Å². The fraction of sp³-hybridized carbons (Fsp3) is 0.526. The second kappa shape index (κ2) is 10.4. The molecule has 1 aromatic rings. The Morgan fingerprint density at radius 3 is 2.33 bits per heavy atom. The van der Waals surface area contributed by atoms with Gasteiger partial charge in [-0.25, -0.2) is 0 Å². The van der Waals surface area contributed by atoms with Gasteiger partial charge in [-0.3, -0.25) is 14.4 Å². The van der Waals surface area contributed by atoms with Gasteiger partial charge in [0.05, 0.1) is 13.7 Å². The number of ether oxygens (including phenoxy) is 3. The Labute approximate surface area is 158 Å². The quantitative estimate of drug-likeness (QED) is 0.510. The number of rotatable bonds is 9. The molecule has 27 heavy (non-hydrogen) atoms. The summed E-state index contributed by atoms with van der Waals surface area (Å²) in [7, 11) is 1.59. The van der Waals surface area contributed by atoms with Crippen molar-refractivity contribution >= 4 is 17.8 Å². The lowest BCUT2D eigenvalue weighted by Crippen LogP contribution is -2.43. The van der Waals surface area contributed by atoms with E-state index in [-0.39, 0.29) is 30.8 Å².